The molecule has 4 heterocycles. The number of aryl methyl sites for hydroxylation is 1. The number of morpholine rings is 2. The molecule has 0 saturated carbocycles. The first-order chi connectivity index (χ1) is 16.4. The first-order valence-electron chi connectivity index (χ1n) is 11.1. The molecule has 2 saturated heterocycles. The van der Waals surface area contributed by atoms with Crippen molar-refractivity contribution in [1.82, 2.24) is 19.5 Å². The summed E-state index contributed by atoms with van der Waals surface area (Å²) in [5.74, 6) is 6.74. The Morgan fingerprint density at radius 3 is 3.00 bits per heavy atom. The van der Waals surface area contributed by atoms with E-state index in [0.29, 0.717) is 32.1 Å². The van der Waals surface area contributed by atoms with Gasteiger partial charge in [0.2, 0.25) is 0 Å². The van der Waals surface area contributed by atoms with Crippen LogP contribution in [0.15, 0.2) is 53.3 Å². The molecule has 0 aliphatic carbocycles. The zero-order valence-electron chi connectivity index (χ0n) is 19.7. The smallest absolute Gasteiger partial charge is 0.355 e. The lowest BCUT2D eigenvalue weighted by Crippen LogP contribution is -2.59. The molecule has 182 valence electrons. The van der Waals surface area contributed by atoms with Crippen molar-refractivity contribution in [3.63, 3.8) is 0 Å². The number of hydrazine groups is 1. The molecular formula is C23H31N7O4. The number of carbonyl (C=O) groups is 1. The summed E-state index contributed by atoms with van der Waals surface area (Å²) in [5, 5.41) is 2.37. The van der Waals surface area contributed by atoms with E-state index in [9.17, 15) is 4.79 Å². The zero-order valence-corrected chi connectivity index (χ0v) is 19.7. The van der Waals surface area contributed by atoms with Crippen molar-refractivity contribution >= 4 is 22.8 Å². The Morgan fingerprint density at radius 2 is 2.21 bits per heavy atom. The van der Waals surface area contributed by atoms with Gasteiger partial charge in [0.05, 0.1) is 45.5 Å². The van der Waals surface area contributed by atoms with Gasteiger partial charge in [-0.15, -0.1) is 0 Å². The third-order valence-corrected chi connectivity index (χ3v) is 5.90. The monoisotopic (exact) mass is 469 g/mol. The van der Waals surface area contributed by atoms with Crippen molar-refractivity contribution in [1.29, 1.82) is 0 Å². The van der Waals surface area contributed by atoms with Gasteiger partial charge >= 0.3 is 5.97 Å². The number of ether oxygens (including phenoxy) is 3. The van der Waals surface area contributed by atoms with Crippen molar-refractivity contribution in [2.75, 3.05) is 33.5 Å². The van der Waals surface area contributed by atoms with Crippen LogP contribution in [0.3, 0.4) is 0 Å². The number of nitrogens with zero attached hydrogens (tertiary/aromatic N) is 5. The van der Waals surface area contributed by atoms with E-state index in [-0.39, 0.29) is 24.3 Å². The van der Waals surface area contributed by atoms with Gasteiger partial charge in [-0.25, -0.2) is 15.6 Å². The molecule has 0 amide bonds. The fourth-order valence-corrected chi connectivity index (χ4v) is 4.20. The van der Waals surface area contributed by atoms with Crippen molar-refractivity contribution < 1.29 is 19.0 Å². The second-order valence-electron chi connectivity index (χ2n) is 8.37. The first kappa shape index (κ1) is 23.6. The summed E-state index contributed by atoms with van der Waals surface area (Å²) in [6.45, 7) is 4.52. The second-order valence-corrected chi connectivity index (χ2v) is 8.37. The summed E-state index contributed by atoms with van der Waals surface area (Å²) < 4.78 is 18.4. The summed E-state index contributed by atoms with van der Waals surface area (Å²) in [5.41, 5.74) is 7.60. The third-order valence-electron chi connectivity index (χ3n) is 5.90. The number of nitrogens with two attached hydrogens (primary N) is 2. The Balaban J connectivity index is 1.62. The average Bonchev–Trinajstić information content (AvgIpc) is 3.22. The fraction of sp³-hybridized carbons (Fsp3) is 0.435. The Kier molecular flexibility index (Phi) is 7.03. The summed E-state index contributed by atoms with van der Waals surface area (Å²) >= 11 is 0. The summed E-state index contributed by atoms with van der Waals surface area (Å²) in [7, 11) is 3.23. The number of aromatic nitrogens is 2. The molecule has 2 aromatic rings. The van der Waals surface area contributed by atoms with Crippen molar-refractivity contribution in [3.05, 3.63) is 53.8 Å². The molecule has 4 rings (SSSR count). The van der Waals surface area contributed by atoms with Crippen LogP contribution < -0.4 is 11.6 Å². The molecule has 2 aliphatic heterocycles. The molecule has 34 heavy (non-hydrogen) atoms. The predicted octanol–water partition coefficient (Wildman–Crippen LogP) is 0.624. The van der Waals surface area contributed by atoms with Crippen LogP contribution in [0.2, 0.25) is 0 Å². The maximum atomic E-state index is 11.5. The maximum absolute atomic E-state index is 11.5. The van der Waals surface area contributed by atoms with Crippen LogP contribution in [-0.4, -0.2) is 76.8 Å². The second kappa shape index (κ2) is 10.1. The molecule has 0 radical (unpaired) electrons. The topological polar surface area (TPSA) is 133 Å². The van der Waals surface area contributed by atoms with Crippen molar-refractivity contribution in [2.45, 2.75) is 25.6 Å². The molecule has 4 N–H and O–H groups in total. The number of methoxy groups -OCH3 is 1. The van der Waals surface area contributed by atoms with Gasteiger partial charge in [0.15, 0.2) is 11.6 Å². The molecule has 0 bridgehead atoms. The van der Waals surface area contributed by atoms with E-state index < -0.39 is 5.97 Å². The minimum Gasteiger partial charge on any atom is -0.488 e. The van der Waals surface area contributed by atoms with Gasteiger partial charge in [-0.2, -0.15) is 0 Å². The van der Waals surface area contributed by atoms with Crippen LogP contribution in [0, 0.1) is 0 Å². The van der Waals surface area contributed by atoms with Crippen LogP contribution in [0.5, 0.6) is 0 Å². The lowest BCUT2D eigenvalue weighted by atomic mass is 10.1. The molecule has 2 atom stereocenters. The van der Waals surface area contributed by atoms with Gasteiger partial charge in [-0.05, 0) is 30.7 Å². The van der Waals surface area contributed by atoms with E-state index in [1.54, 1.807) is 6.20 Å². The number of pyridine rings is 1. The summed E-state index contributed by atoms with van der Waals surface area (Å²) in [6, 6.07) is 4.26. The Morgan fingerprint density at radius 1 is 1.38 bits per heavy atom. The molecule has 11 nitrogen and oxygen atoms in total. The van der Waals surface area contributed by atoms with Gasteiger partial charge in [-0.3, -0.25) is 4.99 Å². The highest BCUT2D eigenvalue weighted by Crippen LogP contribution is 2.26. The van der Waals surface area contributed by atoms with Gasteiger partial charge < -0.3 is 34.4 Å². The predicted molar refractivity (Wildman–Crippen MR) is 127 cm³/mol. The number of rotatable bonds is 6. The van der Waals surface area contributed by atoms with Crippen LogP contribution in [-0.2, 0) is 32.6 Å². The first-order valence-corrected chi connectivity index (χ1v) is 11.1. The number of esters is 1. The van der Waals surface area contributed by atoms with E-state index in [2.05, 4.69) is 27.6 Å². The molecule has 2 fully saturated rings. The zero-order chi connectivity index (χ0) is 24.2. The average molecular weight is 470 g/mol. The van der Waals surface area contributed by atoms with Gasteiger partial charge in [0, 0.05) is 31.0 Å². The number of fused-ring (bicyclic) bond motifs is 2. The standard InChI is InChI=1S/C23H31N7O4/c1-15-12-33-13-17-14-34-20(6-9-29(25)11-19(24)23(31)32-3)22(30(15)17)27-10-16-4-7-26-21-18(16)5-8-28(21)2/h4-8,11,15,17H,9-10,12-14,24-25H2,1-3H3/b19-11-,20-6-,27-22?/t15-,17+/m1/s1. The number of aliphatic imine (C=N–C) groups is 1. The van der Waals surface area contributed by atoms with Crippen LogP contribution in [0.25, 0.3) is 11.0 Å². The SMILES string of the molecule is COC(=O)/C(N)=C/N(N)C/C=C1\OC[C@@H]2COC[C@@H](C)N2C1=NCc1ccnc2c1ccn2C. The maximum Gasteiger partial charge on any atom is 0.355 e. The molecule has 2 aromatic heterocycles. The fourth-order valence-electron chi connectivity index (χ4n) is 4.20. The van der Waals surface area contributed by atoms with Crippen molar-refractivity contribution in [3.8, 4) is 0 Å². The lowest BCUT2D eigenvalue weighted by Gasteiger charge is -2.45. The van der Waals surface area contributed by atoms with Crippen LogP contribution in [0.4, 0.5) is 0 Å². The van der Waals surface area contributed by atoms with E-state index in [1.165, 1.54) is 18.3 Å². The summed E-state index contributed by atoms with van der Waals surface area (Å²) in [4.78, 5) is 23.3. The molecule has 11 heteroatoms. The molecule has 0 spiro atoms. The van der Waals surface area contributed by atoms with E-state index >= 15 is 0 Å². The minimum atomic E-state index is -0.645. The highest BCUT2D eigenvalue weighted by atomic mass is 16.5. The number of carbonyl (C=O) groups excluding carboxylic acids is 1. The van der Waals surface area contributed by atoms with E-state index in [1.807, 2.05) is 30.0 Å². The van der Waals surface area contributed by atoms with E-state index in [0.717, 1.165) is 22.4 Å². The lowest BCUT2D eigenvalue weighted by molar-refractivity contribution is -0.136. The number of amidine groups is 1. The van der Waals surface area contributed by atoms with Crippen molar-refractivity contribution in [2.24, 2.45) is 23.6 Å². The van der Waals surface area contributed by atoms with Gasteiger partial charge in [0.1, 0.15) is 18.0 Å². The number of hydrogen-bond donors (Lipinski definition) is 2. The van der Waals surface area contributed by atoms with E-state index in [4.69, 9.17) is 26.0 Å². The quantitative estimate of drug-likeness (QED) is 0.270. The molecular weight excluding hydrogens is 438 g/mol. The normalized spacial score (nSPS) is 23.2. The highest BCUT2D eigenvalue weighted by molar-refractivity contribution is 5.98. The highest BCUT2D eigenvalue weighted by Gasteiger charge is 2.37. The molecule has 0 aromatic carbocycles. The summed E-state index contributed by atoms with van der Waals surface area (Å²) in [6.07, 6.45) is 6.96. The van der Waals surface area contributed by atoms with Gasteiger partial charge in [-0.1, -0.05) is 0 Å². The number of hydrogen-bond acceptors (Lipinski definition) is 9. The molecule has 0 unspecified atom stereocenters. The Bertz CT molecular complexity index is 1140. The Hall–Kier alpha value is -3.57. The van der Waals surface area contributed by atoms with Crippen LogP contribution in [0.1, 0.15) is 12.5 Å². The van der Waals surface area contributed by atoms with Gasteiger partial charge in [0.25, 0.3) is 0 Å². The third kappa shape index (κ3) is 4.85. The molecule has 2 aliphatic rings. The Labute approximate surface area is 198 Å². The van der Waals surface area contributed by atoms with Crippen LogP contribution >= 0.6 is 0 Å². The largest absolute Gasteiger partial charge is 0.488 e. The minimum absolute atomic E-state index is 0.0812.